The second-order valence-electron chi connectivity index (χ2n) is 5.97. The Bertz CT molecular complexity index is 713. The molecule has 5 nitrogen and oxygen atoms in total. The lowest BCUT2D eigenvalue weighted by atomic mass is 10.0. The summed E-state index contributed by atoms with van der Waals surface area (Å²) < 4.78 is 16.1. The number of carbonyl (C=O) groups is 1. The van der Waals surface area contributed by atoms with E-state index in [-0.39, 0.29) is 12.5 Å². The monoisotopic (exact) mass is 343 g/mol. The zero-order valence-corrected chi connectivity index (χ0v) is 15.2. The minimum Gasteiger partial charge on any atom is -0.497 e. The molecule has 0 saturated carbocycles. The van der Waals surface area contributed by atoms with Gasteiger partial charge in [-0.1, -0.05) is 26.0 Å². The molecule has 0 aromatic heterocycles. The molecule has 0 aliphatic carbocycles. The highest BCUT2D eigenvalue weighted by atomic mass is 16.5. The quantitative estimate of drug-likeness (QED) is 0.797. The highest BCUT2D eigenvalue weighted by molar-refractivity contribution is 5.77. The molecule has 1 amide bonds. The third-order valence-corrected chi connectivity index (χ3v) is 3.86. The number of hydrogen-bond donors (Lipinski definition) is 1. The van der Waals surface area contributed by atoms with Gasteiger partial charge < -0.3 is 19.5 Å². The first kappa shape index (κ1) is 18.6. The molecule has 25 heavy (non-hydrogen) atoms. The van der Waals surface area contributed by atoms with E-state index in [0.29, 0.717) is 29.7 Å². The maximum absolute atomic E-state index is 12.1. The average molecular weight is 343 g/mol. The van der Waals surface area contributed by atoms with Gasteiger partial charge in [-0.2, -0.15) is 0 Å². The molecule has 5 heteroatoms. The van der Waals surface area contributed by atoms with E-state index in [9.17, 15) is 4.79 Å². The van der Waals surface area contributed by atoms with Crippen LogP contribution in [-0.4, -0.2) is 26.7 Å². The number of nitrogens with one attached hydrogen (secondary N) is 1. The van der Waals surface area contributed by atoms with Gasteiger partial charge in [-0.3, -0.25) is 4.79 Å². The van der Waals surface area contributed by atoms with E-state index in [0.717, 1.165) is 5.56 Å². The zero-order chi connectivity index (χ0) is 18.2. The Labute approximate surface area is 148 Å². The second-order valence-corrected chi connectivity index (χ2v) is 5.97. The molecule has 0 saturated heterocycles. The maximum Gasteiger partial charge on any atom is 0.258 e. The Morgan fingerprint density at radius 1 is 1.04 bits per heavy atom. The Morgan fingerprint density at radius 2 is 1.84 bits per heavy atom. The van der Waals surface area contributed by atoms with Crippen LogP contribution in [0.1, 0.15) is 30.9 Å². The molecule has 0 fully saturated rings. The van der Waals surface area contributed by atoms with Gasteiger partial charge in [0.15, 0.2) is 6.61 Å². The van der Waals surface area contributed by atoms with Crippen LogP contribution in [0.25, 0.3) is 0 Å². The Hall–Kier alpha value is -2.69. The third kappa shape index (κ3) is 5.41. The third-order valence-electron chi connectivity index (χ3n) is 3.86. The van der Waals surface area contributed by atoms with Gasteiger partial charge >= 0.3 is 0 Å². The van der Waals surface area contributed by atoms with Crippen molar-refractivity contribution in [3.05, 3.63) is 53.6 Å². The summed E-state index contributed by atoms with van der Waals surface area (Å²) in [6.45, 7) is 4.54. The van der Waals surface area contributed by atoms with Gasteiger partial charge in [0.05, 0.1) is 14.2 Å². The lowest BCUT2D eigenvalue weighted by Crippen LogP contribution is -2.28. The highest BCUT2D eigenvalue weighted by Crippen LogP contribution is 2.24. The lowest BCUT2D eigenvalue weighted by molar-refractivity contribution is -0.123. The molecule has 0 bridgehead atoms. The van der Waals surface area contributed by atoms with Gasteiger partial charge in [0.1, 0.15) is 17.2 Å². The average Bonchev–Trinajstić information content (AvgIpc) is 2.64. The van der Waals surface area contributed by atoms with E-state index >= 15 is 0 Å². The van der Waals surface area contributed by atoms with Crippen molar-refractivity contribution in [3.63, 3.8) is 0 Å². The molecule has 0 aliphatic heterocycles. The van der Waals surface area contributed by atoms with E-state index in [4.69, 9.17) is 14.2 Å². The molecule has 134 valence electrons. The number of methoxy groups -OCH3 is 2. The Kier molecular flexibility index (Phi) is 6.69. The molecular formula is C20H25NO4. The summed E-state index contributed by atoms with van der Waals surface area (Å²) in [5.74, 6) is 2.33. The summed E-state index contributed by atoms with van der Waals surface area (Å²) in [5, 5.41) is 2.83. The molecule has 0 heterocycles. The van der Waals surface area contributed by atoms with Crippen LogP contribution in [0.3, 0.4) is 0 Å². The molecule has 0 atom stereocenters. The van der Waals surface area contributed by atoms with Crippen molar-refractivity contribution in [3.8, 4) is 17.2 Å². The smallest absolute Gasteiger partial charge is 0.258 e. The van der Waals surface area contributed by atoms with E-state index in [1.54, 1.807) is 14.2 Å². The van der Waals surface area contributed by atoms with Gasteiger partial charge in [0, 0.05) is 12.1 Å². The minimum absolute atomic E-state index is 0.0339. The molecule has 2 aromatic rings. The van der Waals surface area contributed by atoms with E-state index in [1.807, 2.05) is 42.5 Å². The summed E-state index contributed by atoms with van der Waals surface area (Å²) in [6.07, 6.45) is 0. The van der Waals surface area contributed by atoms with Crippen LogP contribution < -0.4 is 19.5 Å². The predicted octanol–water partition coefficient (Wildman–Crippen LogP) is 3.52. The molecule has 0 spiro atoms. The van der Waals surface area contributed by atoms with Crippen molar-refractivity contribution in [2.24, 2.45) is 0 Å². The number of amides is 1. The molecule has 0 unspecified atom stereocenters. The van der Waals surface area contributed by atoms with Crippen molar-refractivity contribution in [1.82, 2.24) is 5.32 Å². The van der Waals surface area contributed by atoms with Crippen LogP contribution in [0, 0.1) is 0 Å². The number of carbonyl (C=O) groups excluding carboxylic acids is 1. The predicted molar refractivity (Wildman–Crippen MR) is 97.4 cm³/mol. The number of hydrogen-bond acceptors (Lipinski definition) is 4. The number of ether oxygens (including phenoxy) is 3. The molecule has 0 aliphatic rings. The summed E-state index contributed by atoms with van der Waals surface area (Å²) in [4.78, 5) is 12.1. The van der Waals surface area contributed by atoms with Crippen molar-refractivity contribution < 1.29 is 19.0 Å². The number of rotatable bonds is 8. The molecule has 1 N–H and O–H groups in total. The second kappa shape index (κ2) is 8.97. The van der Waals surface area contributed by atoms with Gasteiger partial charge in [-0.15, -0.1) is 0 Å². The Morgan fingerprint density at radius 3 is 2.52 bits per heavy atom. The Balaban J connectivity index is 1.90. The van der Waals surface area contributed by atoms with Crippen LogP contribution in [0.5, 0.6) is 17.2 Å². The van der Waals surface area contributed by atoms with Gasteiger partial charge in [0.2, 0.25) is 0 Å². The molecular weight excluding hydrogens is 318 g/mol. The highest BCUT2D eigenvalue weighted by Gasteiger charge is 2.08. The largest absolute Gasteiger partial charge is 0.497 e. The minimum atomic E-state index is -0.195. The fourth-order valence-electron chi connectivity index (χ4n) is 2.38. The zero-order valence-electron chi connectivity index (χ0n) is 15.2. The number of benzene rings is 2. The summed E-state index contributed by atoms with van der Waals surface area (Å²) in [7, 11) is 3.20. The van der Waals surface area contributed by atoms with Crippen molar-refractivity contribution in [2.45, 2.75) is 26.3 Å². The van der Waals surface area contributed by atoms with Crippen LogP contribution in [0.2, 0.25) is 0 Å². The standard InChI is InChI=1S/C20H25NO4/c1-14(2)15-6-5-7-18(10-15)25-13-20(22)21-12-16-11-17(23-3)8-9-19(16)24-4/h5-11,14H,12-13H2,1-4H3,(H,21,22). The topological polar surface area (TPSA) is 56.8 Å². The SMILES string of the molecule is COc1ccc(OC)c(CNC(=O)COc2cccc(C(C)C)c2)c1. The summed E-state index contributed by atoms with van der Waals surface area (Å²) in [6, 6.07) is 13.3. The van der Waals surface area contributed by atoms with Gasteiger partial charge in [-0.05, 0) is 41.8 Å². The lowest BCUT2D eigenvalue weighted by Gasteiger charge is -2.12. The van der Waals surface area contributed by atoms with Crippen LogP contribution in [-0.2, 0) is 11.3 Å². The molecule has 2 rings (SSSR count). The summed E-state index contributed by atoms with van der Waals surface area (Å²) in [5.41, 5.74) is 2.02. The first-order chi connectivity index (χ1) is 12.0. The first-order valence-corrected chi connectivity index (χ1v) is 8.24. The fraction of sp³-hybridized carbons (Fsp3) is 0.350. The first-order valence-electron chi connectivity index (χ1n) is 8.24. The van der Waals surface area contributed by atoms with Gasteiger partial charge in [-0.25, -0.2) is 0 Å². The van der Waals surface area contributed by atoms with E-state index in [2.05, 4.69) is 19.2 Å². The van der Waals surface area contributed by atoms with E-state index in [1.165, 1.54) is 5.56 Å². The fourth-order valence-corrected chi connectivity index (χ4v) is 2.38. The van der Waals surface area contributed by atoms with E-state index < -0.39 is 0 Å². The van der Waals surface area contributed by atoms with Crippen LogP contribution >= 0.6 is 0 Å². The van der Waals surface area contributed by atoms with Crippen molar-refractivity contribution >= 4 is 5.91 Å². The van der Waals surface area contributed by atoms with Crippen LogP contribution in [0.4, 0.5) is 0 Å². The van der Waals surface area contributed by atoms with Crippen LogP contribution in [0.15, 0.2) is 42.5 Å². The molecule has 0 radical (unpaired) electrons. The summed E-state index contributed by atoms with van der Waals surface area (Å²) >= 11 is 0. The maximum atomic E-state index is 12.1. The van der Waals surface area contributed by atoms with Crippen molar-refractivity contribution in [2.75, 3.05) is 20.8 Å². The van der Waals surface area contributed by atoms with Crippen molar-refractivity contribution in [1.29, 1.82) is 0 Å². The normalized spacial score (nSPS) is 10.4. The molecule has 2 aromatic carbocycles. The van der Waals surface area contributed by atoms with Gasteiger partial charge in [0.25, 0.3) is 5.91 Å².